The van der Waals surface area contributed by atoms with Crippen LogP contribution in [0.2, 0.25) is 0 Å². The van der Waals surface area contributed by atoms with Crippen LogP contribution in [-0.4, -0.2) is 50.9 Å². The molecule has 2 N–H and O–H groups in total. The van der Waals surface area contributed by atoms with Gasteiger partial charge in [-0.1, -0.05) is 12.1 Å². The summed E-state index contributed by atoms with van der Waals surface area (Å²) >= 11 is 0. The highest BCUT2D eigenvalue weighted by Crippen LogP contribution is 2.31. The van der Waals surface area contributed by atoms with Gasteiger partial charge in [-0.05, 0) is 80.5 Å². The highest BCUT2D eigenvalue weighted by molar-refractivity contribution is 5.90. The summed E-state index contributed by atoms with van der Waals surface area (Å²) in [4.78, 5) is 11.6. The highest BCUT2D eigenvalue weighted by atomic mass is 16.5. The molecule has 0 atom stereocenters. The van der Waals surface area contributed by atoms with Crippen molar-refractivity contribution in [2.24, 2.45) is 5.92 Å². The highest BCUT2D eigenvalue weighted by Gasteiger charge is 2.22. The van der Waals surface area contributed by atoms with Crippen LogP contribution in [0.4, 0.5) is 11.8 Å². The van der Waals surface area contributed by atoms with Crippen molar-refractivity contribution in [3.05, 3.63) is 47.5 Å². The zero-order valence-electron chi connectivity index (χ0n) is 21.0. The molecule has 0 spiro atoms. The molecule has 3 aromatic rings. The number of hydrogen-bond acceptors (Lipinski definition) is 7. The molecule has 4 rings (SSSR count). The van der Waals surface area contributed by atoms with E-state index in [-0.39, 0.29) is 0 Å². The first-order valence-electron chi connectivity index (χ1n) is 12.1. The normalized spacial score (nSPS) is 18.0. The van der Waals surface area contributed by atoms with E-state index in [0.29, 0.717) is 12.0 Å². The number of fused-ring (bicyclic) bond motifs is 1. The molecule has 0 amide bonds. The Labute approximate surface area is 202 Å². The fraction of sp³-hybridized carbons (Fsp3) is 0.481. The minimum absolute atomic E-state index is 0.417. The molecule has 1 aliphatic rings. The predicted octanol–water partition coefficient (Wildman–Crippen LogP) is 4.78. The third-order valence-corrected chi connectivity index (χ3v) is 6.78. The van der Waals surface area contributed by atoms with E-state index in [4.69, 9.17) is 19.4 Å². The molecule has 1 saturated carbocycles. The summed E-state index contributed by atoms with van der Waals surface area (Å²) in [5, 5.41) is 8.35. The van der Waals surface area contributed by atoms with E-state index in [1.165, 1.54) is 24.0 Å². The molecule has 7 heteroatoms. The summed E-state index contributed by atoms with van der Waals surface area (Å²) in [6.45, 7) is 3.98. The first-order chi connectivity index (χ1) is 16.5. The van der Waals surface area contributed by atoms with Gasteiger partial charge in [0.25, 0.3) is 0 Å². The number of nitrogens with one attached hydrogen (secondary N) is 2. The number of aromatic nitrogens is 2. The molecule has 0 radical (unpaired) electrons. The van der Waals surface area contributed by atoms with E-state index < -0.39 is 0 Å². The molecular formula is C27H37N5O2. The number of methoxy groups -OCH3 is 2. The van der Waals surface area contributed by atoms with E-state index in [2.05, 4.69) is 40.7 Å². The second kappa shape index (κ2) is 10.9. The Kier molecular flexibility index (Phi) is 7.73. The summed E-state index contributed by atoms with van der Waals surface area (Å²) in [5.41, 5.74) is 3.44. The van der Waals surface area contributed by atoms with Gasteiger partial charge in [-0.3, -0.25) is 0 Å². The zero-order chi connectivity index (χ0) is 24.1. The Morgan fingerprint density at radius 1 is 0.971 bits per heavy atom. The monoisotopic (exact) mass is 463 g/mol. The van der Waals surface area contributed by atoms with Crippen molar-refractivity contribution in [1.82, 2.24) is 15.3 Å². The first-order valence-corrected chi connectivity index (χ1v) is 12.1. The molecule has 34 heavy (non-hydrogen) atoms. The number of benzene rings is 2. The second-order valence-electron chi connectivity index (χ2n) is 9.41. The van der Waals surface area contributed by atoms with Gasteiger partial charge >= 0.3 is 0 Å². The quantitative estimate of drug-likeness (QED) is 0.473. The van der Waals surface area contributed by atoms with Gasteiger partial charge in [-0.25, -0.2) is 4.98 Å². The lowest BCUT2D eigenvalue weighted by Gasteiger charge is -2.29. The average molecular weight is 464 g/mol. The smallest absolute Gasteiger partial charge is 0.225 e. The molecule has 1 aliphatic carbocycles. The molecular weight excluding hydrogens is 426 g/mol. The van der Waals surface area contributed by atoms with Gasteiger partial charge in [0.05, 0.1) is 19.7 Å². The molecule has 0 unspecified atom stereocenters. The molecule has 0 saturated heterocycles. The molecule has 0 aliphatic heterocycles. The lowest BCUT2D eigenvalue weighted by Crippen LogP contribution is -2.31. The fourth-order valence-corrected chi connectivity index (χ4v) is 4.78. The molecule has 1 aromatic heterocycles. The average Bonchev–Trinajstić information content (AvgIpc) is 2.85. The Bertz CT molecular complexity index is 1110. The van der Waals surface area contributed by atoms with Gasteiger partial charge in [-0.15, -0.1) is 0 Å². The lowest BCUT2D eigenvalue weighted by molar-refractivity contribution is 0.323. The molecule has 7 nitrogen and oxygen atoms in total. The predicted molar refractivity (Wildman–Crippen MR) is 139 cm³/mol. The van der Waals surface area contributed by atoms with E-state index in [1.807, 2.05) is 32.3 Å². The van der Waals surface area contributed by atoms with Gasteiger partial charge in [0, 0.05) is 32.1 Å². The minimum atomic E-state index is 0.417. The van der Waals surface area contributed by atoms with Crippen LogP contribution in [0.1, 0.15) is 36.8 Å². The van der Waals surface area contributed by atoms with Gasteiger partial charge in [-0.2, -0.15) is 4.98 Å². The molecule has 0 bridgehead atoms. The number of hydrogen-bond donors (Lipinski definition) is 2. The fourth-order valence-electron chi connectivity index (χ4n) is 4.78. The maximum atomic E-state index is 5.46. The van der Waals surface area contributed by atoms with E-state index in [9.17, 15) is 0 Å². The SMILES string of the molecule is COc1cc(C)c(CNCC2CCC(Nc3nc(N(C)C)c4ccccc4n3)CC2)cc1OC. The number of aryl methyl sites for hydroxylation is 1. The summed E-state index contributed by atoms with van der Waals surface area (Å²) in [5.74, 6) is 3.94. The topological polar surface area (TPSA) is 71.5 Å². The van der Waals surface area contributed by atoms with E-state index in [1.54, 1.807) is 14.2 Å². The van der Waals surface area contributed by atoms with Crippen LogP contribution in [0.5, 0.6) is 11.5 Å². The number of ether oxygens (including phenoxy) is 2. The van der Waals surface area contributed by atoms with Crippen LogP contribution in [0.3, 0.4) is 0 Å². The van der Waals surface area contributed by atoms with Crippen molar-refractivity contribution in [3.8, 4) is 11.5 Å². The van der Waals surface area contributed by atoms with Crippen LogP contribution >= 0.6 is 0 Å². The number of rotatable bonds is 9. The van der Waals surface area contributed by atoms with Gasteiger partial charge < -0.3 is 25.0 Å². The number of anilines is 2. The first kappa shape index (κ1) is 24.1. The summed E-state index contributed by atoms with van der Waals surface area (Å²) in [6.07, 6.45) is 4.66. The standard InChI is InChI=1S/C27H37N5O2/c1-18-14-24(33-4)25(34-5)15-20(18)17-28-16-19-10-12-21(13-11-19)29-27-30-23-9-7-6-8-22(23)26(31-27)32(2)3/h6-9,14-15,19,21,28H,10-13,16-17H2,1-5H3,(H,29,30,31). The van der Waals surface area contributed by atoms with Crippen LogP contribution in [0.25, 0.3) is 10.9 Å². The zero-order valence-corrected chi connectivity index (χ0v) is 21.0. The van der Waals surface area contributed by atoms with Crippen LogP contribution < -0.4 is 25.0 Å². The van der Waals surface area contributed by atoms with E-state index in [0.717, 1.165) is 60.1 Å². The van der Waals surface area contributed by atoms with Crippen molar-refractivity contribution >= 4 is 22.7 Å². The van der Waals surface area contributed by atoms with Crippen LogP contribution in [-0.2, 0) is 6.54 Å². The minimum Gasteiger partial charge on any atom is -0.493 e. The Morgan fingerprint density at radius 2 is 1.68 bits per heavy atom. The maximum Gasteiger partial charge on any atom is 0.225 e. The third kappa shape index (κ3) is 5.53. The van der Waals surface area contributed by atoms with Crippen molar-refractivity contribution in [3.63, 3.8) is 0 Å². The summed E-state index contributed by atoms with van der Waals surface area (Å²) in [6, 6.07) is 12.7. The maximum absolute atomic E-state index is 5.46. The Morgan fingerprint density at radius 3 is 2.38 bits per heavy atom. The van der Waals surface area contributed by atoms with Crippen molar-refractivity contribution < 1.29 is 9.47 Å². The third-order valence-electron chi connectivity index (χ3n) is 6.78. The summed E-state index contributed by atoms with van der Waals surface area (Å²) in [7, 11) is 7.41. The van der Waals surface area contributed by atoms with Crippen molar-refractivity contribution in [1.29, 1.82) is 0 Å². The largest absolute Gasteiger partial charge is 0.493 e. The Balaban J connectivity index is 1.29. The molecule has 1 heterocycles. The van der Waals surface area contributed by atoms with Crippen molar-refractivity contribution in [2.45, 2.75) is 45.2 Å². The van der Waals surface area contributed by atoms with E-state index >= 15 is 0 Å². The second-order valence-corrected chi connectivity index (χ2v) is 9.41. The van der Waals surface area contributed by atoms with Gasteiger partial charge in [0.2, 0.25) is 5.95 Å². The molecule has 2 aromatic carbocycles. The Hall–Kier alpha value is -3.06. The van der Waals surface area contributed by atoms with Crippen molar-refractivity contribution in [2.75, 3.05) is 45.1 Å². The van der Waals surface area contributed by atoms with Crippen LogP contribution in [0.15, 0.2) is 36.4 Å². The van der Waals surface area contributed by atoms with Crippen LogP contribution in [0, 0.1) is 12.8 Å². The molecule has 182 valence electrons. The van der Waals surface area contributed by atoms with Gasteiger partial charge in [0.15, 0.2) is 11.5 Å². The number of nitrogens with zero attached hydrogens (tertiary/aromatic N) is 3. The number of para-hydroxylation sites is 1. The lowest BCUT2D eigenvalue weighted by atomic mass is 9.86. The van der Waals surface area contributed by atoms with Gasteiger partial charge in [0.1, 0.15) is 5.82 Å². The molecule has 1 fully saturated rings. The summed E-state index contributed by atoms with van der Waals surface area (Å²) < 4.78 is 10.9.